The molecule has 1 rings (SSSR count). The summed E-state index contributed by atoms with van der Waals surface area (Å²) in [5.41, 5.74) is 6.57. The summed E-state index contributed by atoms with van der Waals surface area (Å²) in [4.78, 5) is 11.9. The van der Waals surface area contributed by atoms with Crippen LogP contribution in [-0.2, 0) is 4.79 Å². The lowest BCUT2D eigenvalue weighted by Gasteiger charge is -2.17. The maximum absolute atomic E-state index is 11.7. The van der Waals surface area contributed by atoms with Crippen molar-refractivity contribution in [2.45, 2.75) is 12.5 Å². The van der Waals surface area contributed by atoms with Crippen LogP contribution < -0.4 is 11.1 Å². The minimum Gasteiger partial charge on any atom is -0.391 e. The van der Waals surface area contributed by atoms with Gasteiger partial charge in [-0.2, -0.15) is 11.8 Å². The Morgan fingerprint density at radius 3 is 2.65 bits per heavy atom. The molecule has 17 heavy (non-hydrogen) atoms. The third kappa shape index (κ3) is 4.75. The first-order chi connectivity index (χ1) is 8.15. The second-order valence-electron chi connectivity index (χ2n) is 3.56. The number of nitrogens with two attached hydrogens (primary N) is 1. The van der Waals surface area contributed by atoms with Gasteiger partial charge in [0, 0.05) is 12.2 Å². The summed E-state index contributed by atoms with van der Waals surface area (Å²) in [5.74, 6) is 0.769. The van der Waals surface area contributed by atoms with Crippen LogP contribution in [-0.4, -0.2) is 22.9 Å². The van der Waals surface area contributed by atoms with E-state index in [2.05, 4.69) is 5.32 Å². The van der Waals surface area contributed by atoms with Gasteiger partial charge < -0.3 is 11.1 Å². The first-order valence-corrected chi connectivity index (χ1v) is 7.08. The fourth-order valence-electron chi connectivity index (χ4n) is 1.39. The Morgan fingerprint density at radius 1 is 1.47 bits per heavy atom. The zero-order chi connectivity index (χ0) is 12.7. The molecule has 0 saturated heterocycles. The predicted octanol–water partition coefficient (Wildman–Crippen LogP) is 1.88. The van der Waals surface area contributed by atoms with Gasteiger partial charge >= 0.3 is 0 Å². The molecular weight excluding hydrogens is 252 g/mol. The Hall–Kier alpha value is -1.07. The molecular formula is C12H16N2OS2. The van der Waals surface area contributed by atoms with E-state index in [0.717, 1.165) is 11.3 Å². The number of thioether (sulfide) groups is 1. The highest BCUT2D eigenvalue weighted by Crippen LogP contribution is 2.13. The van der Waals surface area contributed by atoms with Crippen molar-refractivity contribution in [3.63, 3.8) is 0 Å². The quantitative estimate of drug-likeness (QED) is 0.774. The topological polar surface area (TPSA) is 55.1 Å². The van der Waals surface area contributed by atoms with Crippen LogP contribution >= 0.6 is 24.0 Å². The van der Waals surface area contributed by atoms with Crippen LogP contribution in [0.25, 0.3) is 0 Å². The number of thiocarbonyl (C=S) groups is 1. The van der Waals surface area contributed by atoms with Crippen molar-refractivity contribution in [1.82, 2.24) is 5.32 Å². The van der Waals surface area contributed by atoms with Crippen molar-refractivity contribution in [3.05, 3.63) is 35.9 Å². The minimum atomic E-state index is -0.374. The molecule has 3 nitrogen and oxygen atoms in total. The maximum Gasteiger partial charge on any atom is 0.221 e. The second kappa shape index (κ2) is 7.29. The third-order valence-corrected chi connectivity index (χ3v) is 3.10. The van der Waals surface area contributed by atoms with E-state index in [9.17, 15) is 4.79 Å². The summed E-state index contributed by atoms with van der Waals surface area (Å²) in [5, 5.41) is 2.85. The Bertz CT molecular complexity index is 381. The normalized spacial score (nSPS) is 11.8. The van der Waals surface area contributed by atoms with Crippen LogP contribution in [0.3, 0.4) is 0 Å². The first kappa shape index (κ1) is 14.0. The molecule has 0 aliphatic carbocycles. The van der Waals surface area contributed by atoms with Crippen LogP contribution in [0.1, 0.15) is 18.0 Å². The molecule has 0 heterocycles. The van der Waals surface area contributed by atoms with E-state index in [0.29, 0.717) is 6.42 Å². The highest BCUT2D eigenvalue weighted by molar-refractivity contribution is 7.98. The molecule has 0 spiro atoms. The molecule has 1 amide bonds. The fraction of sp³-hybridized carbons (Fsp3) is 0.333. The maximum atomic E-state index is 11.7. The Balaban J connectivity index is 2.68. The summed E-state index contributed by atoms with van der Waals surface area (Å²) in [6.45, 7) is 0. The fourth-order valence-corrected chi connectivity index (χ4v) is 1.98. The molecule has 92 valence electrons. The lowest BCUT2D eigenvalue weighted by atomic mass is 10.1. The predicted molar refractivity (Wildman–Crippen MR) is 77.1 cm³/mol. The molecule has 0 aliphatic heterocycles. The largest absolute Gasteiger partial charge is 0.391 e. The van der Waals surface area contributed by atoms with Gasteiger partial charge in [0.05, 0.1) is 0 Å². The highest BCUT2D eigenvalue weighted by Gasteiger charge is 2.16. The van der Waals surface area contributed by atoms with E-state index in [1.165, 1.54) is 0 Å². The molecule has 0 aromatic heterocycles. The summed E-state index contributed by atoms with van der Waals surface area (Å²) in [6.07, 6.45) is 2.45. The summed E-state index contributed by atoms with van der Waals surface area (Å²) in [7, 11) is 0. The van der Waals surface area contributed by atoms with E-state index in [1.54, 1.807) is 11.8 Å². The van der Waals surface area contributed by atoms with E-state index >= 15 is 0 Å². The molecule has 1 atom stereocenters. The van der Waals surface area contributed by atoms with Crippen LogP contribution in [0.4, 0.5) is 0 Å². The SMILES string of the molecule is CSCCC(=O)NC(C(N)=S)c1ccccc1. The van der Waals surface area contributed by atoms with Crippen molar-refractivity contribution in [2.75, 3.05) is 12.0 Å². The van der Waals surface area contributed by atoms with Gasteiger partial charge in [0.1, 0.15) is 11.0 Å². The standard InChI is InChI=1S/C12H16N2OS2/c1-17-8-7-10(15)14-11(12(13)16)9-5-3-2-4-6-9/h2-6,11H,7-8H2,1H3,(H2,13,16)(H,14,15). The van der Waals surface area contributed by atoms with Gasteiger partial charge in [0.2, 0.25) is 5.91 Å². The number of carbonyl (C=O) groups excluding carboxylic acids is 1. The summed E-state index contributed by atoms with van der Waals surface area (Å²) < 4.78 is 0. The van der Waals surface area contributed by atoms with Gasteiger partial charge in [-0.1, -0.05) is 42.5 Å². The van der Waals surface area contributed by atoms with Crippen LogP contribution in [0, 0.1) is 0 Å². The number of hydrogen-bond acceptors (Lipinski definition) is 3. The van der Waals surface area contributed by atoms with Crippen molar-refractivity contribution in [1.29, 1.82) is 0 Å². The first-order valence-electron chi connectivity index (χ1n) is 5.27. The Kier molecular flexibility index (Phi) is 6.00. The number of benzene rings is 1. The zero-order valence-corrected chi connectivity index (χ0v) is 11.3. The van der Waals surface area contributed by atoms with Gasteiger partial charge in [-0.05, 0) is 11.8 Å². The molecule has 5 heteroatoms. The molecule has 0 fully saturated rings. The van der Waals surface area contributed by atoms with Gasteiger partial charge in [0.15, 0.2) is 0 Å². The van der Waals surface area contributed by atoms with Crippen molar-refractivity contribution < 1.29 is 4.79 Å². The Morgan fingerprint density at radius 2 is 2.12 bits per heavy atom. The average Bonchev–Trinajstić information content (AvgIpc) is 2.34. The number of nitrogens with one attached hydrogen (secondary N) is 1. The van der Waals surface area contributed by atoms with Gasteiger partial charge in [0.25, 0.3) is 0 Å². The van der Waals surface area contributed by atoms with E-state index < -0.39 is 0 Å². The number of carbonyl (C=O) groups is 1. The monoisotopic (exact) mass is 268 g/mol. The molecule has 0 radical (unpaired) electrons. The van der Waals surface area contributed by atoms with Crippen LogP contribution in [0.2, 0.25) is 0 Å². The van der Waals surface area contributed by atoms with E-state index in [4.69, 9.17) is 18.0 Å². The van der Waals surface area contributed by atoms with Gasteiger partial charge in [-0.15, -0.1) is 0 Å². The van der Waals surface area contributed by atoms with E-state index in [1.807, 2.05) is 36.6 Å². The molecule has 1 unspecified atom stereocenters. The summed E-state index contributed by atoms with van der Waals surface area (Å²) >= 11 is 6.62. The lowest BCUT2D eigenvalue weighted by Crippen LogP contribution is -2.36. The third-order valence-electron chi connectivity index (χ3n) is 2.26. The number of amides is 1. The lowest BCUT2D eigenvalue weighted by molar-refractivity contribution is -0.121. The van der Waals surface area contributed by atoms with Crippen LogP contribution in [0.15, 0.2) is 30.3 Å². The smallest absolute Gasteiger partial charge is 0.221 e. The van der Waals surface area contributed by atoms with Crippen molar-refractivity contribution in [3.8, 4) is 0 Å². The van der Waals surface area contributed by atoms with Gasteiger partial charge in [-0.3, -0.25) is 4.79 Å². The molecule has 0 bridgehead atoms. The van der Waals surface area contributed by atoms with Crippen LogP contribution in [0.5, 0.6) is 0 Å². The average molecular weight is 268 g/mol. The van der Waals surface area contributed by atoms with Crippen molar-refractivity contribution in [2.24, 2.45) is 5.73 Å². The summed E-state index contributed by atoms with van der Waals surface area (Å²) in [6, 6.07) is 9.14. The minimum absolute atomic E-state index is 0.0268. The van der Waals surface area contributed by atoms with Gasteiger partial charge in [-0.25, -0.2) is 0 Å². The second-order valence-corrected chi connectivity index (χ2v) is 5.01. The molecule has 0 saturated carbocycles. The molecule has 3 N–H and O–H groups in total. The molecule has 1 aromatic carbocycles. The molecule has 1 aromatic rings. The van der Waals surface area contributed by atoms with Crippen molar-refractivity contribution >= 4 is 34.9 Å². The molecule has 0 aliphatic rings. The Labute approximate surface area is 111 Å². The number of rotatable bonds is 6. The highest BCUT2D eigenvalue weighted by atomic mass is 32.2. The van der Waals surface area contributed by atoms with E-state index in [-0.39, 0.29) is 16.9 Å². The number of hydrogen-bond donors (Lipinski definition) is 2. The zero-order valence-electron chi connectivity index (χ0n) is 9.68.